The number of carbonyl (C=O) groups is 1. The Bertz CT molecular complexity index is 980. The monoisotopic (exact) mass is 494 g/mol. The molecule has 0 N–H and O–H groups in total. The second-order valence-corrected chi connectivity index (χ2v) is 9.25. The maximum absolute atomic E-state index is 14.1. The topological polar surface area (TPSA) is 26.3 Å². The Morgan fingerprint density at radius 3 is 2.17 bits per heavy atom. The van der Waals surface area contributed by atoms with Gasteiger partial charge in [0.2, 0.25) is 0 Å². The zero-order valence-corrected chi connectivity index (χ0v) is 19.8. The van der Waals surface area contributed by atoms with E-state index in [9.17, 15) is 26.7 Å². The summed E-state index contributed by atoms with van der Waals surface area (Å²) in [6, 6.07) is 8.43. The SMILES string of the molecule is CCCCCCC1CCC(c2ccc(OC(=O)c3cc(F)c(C=CC(F)(F)F)c(F)c3)cc2)CC1. The van der Waals surface area contributed by atoms with Gasteiger partial charge in [0.05, 0.1) is 5.56 Å². The minimum atomic E-state index is -4.71. The van der Waals surface area contributed by atoms with E-state index in [2.05, 4.69) is 6.92 Å². The number of rotatable bonds is 9. The van der Waals surface area contributed by atoms with Gasteiger partial charge in [-0.15, -0.1) is 0 Å². The molecule has 2 nitrogen and oxygen atoms in total. The molecule has 0 radical (unpaired) electrons. The summed E-state index contributed by atoms with van der Waals surface area (Å²) in [5, 5.41) is 0. The minimum absolute atomic E-state index is 0.227. The Labute approximate surface area is 203 Å². The van der Waals surface area contributed by atoms with Crippen molar-refractivity contribution in [1.82, 2.24) is 0 Å². The van der Waals surface area contributed by atoms with Gasteiger partial charge in [-0.25, -0.2) is 13.6 Å². The molecule has 0 spiro atoms. The predicted octanol–water partition coefficient (Wildman–Crippen LogP) is 9.00. The molecule has 3 rings (SSSR count). The van der Waals surface area contributed by atoms with E-state index in [-0.39, 0.29) is 11.8 Å². The fraction of sp³-hybridized carbons (Fsp3) is 0.464. The first kappa shape index (κ1) is 26.9. The van der Waals surface area contributed by atoms with E-state index in [1.807, 2.05) is 12.1 Å². The van der Waals surface area contributed by atoms with Gasteiger partial charge in [0.15, 0.2) is 0 Å². The van der Waals surface area contributed by atoms with E-state index in [1.165, 1.54) is 50.5 Å². The summed E-state index contributed by atoms with van der Waals surface area (Å²) in [5.41, 5.74) is -0.128. The molecule has 0 bridgehead atoms. The zero-order valence-electron chi connectivity index (χ0n) is 19.8. The largest absolute Gasteiger partial charge is 0.423 e. The third kappa shape index (κ3) is 8.18. The second-order valence-electron chi connectivity index (χ2n) is 9.25. The number of esters is 1. The van der Waals surface area contributed by atoms with E-state index in [1.54, 1.807) is 12.1 Å². The van der Waals surface area contributed by atoms with Gasteiger partial charge in [-0.3, -0.25) is 0 Å². The summed E-state index contributed by atoms with van der Waals surface area (Å²) in [7, 11) is 0. The van der Waals surface area contributed by atoms with Gasteiger partial charge < -0.3 is 4.74 Å². The molecule has 0 amide bonds. The van der Waals surface area contributed by atoms with Crippen molar-refractivity contribution in [2.24, 2.45) is 5.92 Å². The van der Waals surface area contributed by atoms with E-state index in [0.717, 1.165) is 18.8 Å². The van der Waals surface area contributed by atoms with Gasteiger partial charge >= 0.3 is 12.1 Å². The molecule has 35 heavy (non-hydrogen) atoms. The number of unbranched alkanes of at least 4 members (excludes halogenated alkanes) is 3. The van der Waals surface area contributed by atoms with Crippen molar-refractivity contribution in [3.8, 4) is 5.75 Å². The predicted molar refractivity (Wildman–Crippen MR) is 126 cm³/mol. The standard InChI is InChI=1S/C28H31F5O2/c1-2-3-4-5-6-19-7-9-20(10-8-19)21-11-13-23(14-12-21)35-27(34)22-17-25(29)24(26(30)18-22)15-16-28(31,32)33/h11-20H,2-10H2,1H3. The van der Waals surface area contributed by atoms with Crippen LogP contribution in [0.3, 0.4) is 0 Å². The summed E-state index contributed by atoms with van der Waals surface area (Å²) in [6.45, 7) is 2.22. The number of hydrogen-bond donors (Lipinski definition) is 0. The molecule has 0 aliphatic heterocycles. The Morgan fingerprint density at radius 1 is 0.971 bits per heavy atom. The Balaban J connectivity index is 1.55. The maximum atomic E-state index is 14.1. The lowest BCUT2D eigenvalue weighted by molar-refractivity contribution is -0.0790. The molecule has 2 aromatic rings. The molecule has 0 heterocycles. The van der Waals surface area contributed by atoms with Crippen LogP contribution >= 0.6 is 0 Å². The highest BCUT2D eigenvalue weighted by Crippen LogP contribution is 2.38. The molecule has 1 aliphatic rings. The molecule has 7 heteroatoms. The van der Waals surface area contributed by atoms with Crippen LogP contribution in [0.1, 0.15) is 92.1 Å². The molecule has 1 aliphatic carbocycles. The van der Waals surface area contributed by atoms with Gasteiger partial charge in [-0.05, 0) is 73.4 Å². The lowest BCUT2D eigenvalue weighted by Crippen LogP contribution is -2.13. The summed E-state index contributed by atoms with van der Waals surface area (Å²) in [4.78, 5) is 12.3. The van der Waals surface area contributed by atoms with Crippen LogP contribution in [0.2, 0.25) is 0 Å². The van der Waals surface area contributed by atoms with Gasteiger partial charge in [0.1, 0.15) is 17.4 Å². The molecular formula is C28H31F5O2. The van der Waals surface area contributed by atoms with Gasteiger partial charge in [0.25, 0.3) is 0 Å². The Hall–Kier alpha value is -2.70. The smallest absolute Gasteiger partial charge is 0.409 e. The summed E-state index contributed by atoms with van der Waals surface area (Å²) in [5.74, 6) is -2.06. The van der Waals surface area contributed by atoms with Crippen molar-refractivity contribution in [3.05, 3.63) is 70.8 Å². The van der Waals surface area contributed by atoms with E-state index in [0.29, 0.717) is 24.1 Å². The van der Waals surface area contributed by atoms with Crippen LogP contribution in [0.25, 0.3) is 6.08 Å². The van der Waals surface area contributed by atoms with Gasteiger partial charge in [0, 0.05) is 11.6 Å². The Kier molecular flexibility index (Phi) is 9.47. The molecule has 2 aromatic carbocycles. The van der Waals surface area contributed by atoms with Crippen LogP contribution in [0, 0.1) is 17.6 Å². The van der Waals surface area contributed by atoms with Crippen molar-refractivity contribution < 1.29 is 31.5 Å². The normalized spacial score (nSPS) is 18.7. The molecular weight excluding hydrogens is 463 g/mol. The van der Waals surface area contributed by atoms with Crippen molar-refractivity contribution in [3.63, 3.8) is 0 Å². The van der Waals surface area contributed by atoms with E-state index in [4.69, 9.17) is 4.74 Å². The summed E-state index contributed by atoms with van der Waals surface area (Å²) < 4.78 is 70.3. The summed E-state index contributed by atoms with van der Waals surface area (Å²) in [6.07, 6.45) is 6.50. The fourth-order valence-corrected chi connectivity index (χ4v) is 4.66. The number of carbonyl (C=O) groups excluding carboxylic acids is 1. The first-order valence-corrected chi connectivity index (χ1v) is 12.2. The highest BCUT2D eigenvalue weighted by Gasteiger charge is 2.24. The van der Waals surface area contributed by atoms with E-state index < -0.39 is 34.9 Å². The summed E-state index contributed by atoms with van der Waals surface area (Å²) >= 11 is 0. The van der Waals surface area contributed by atoms with Crippen molar-refractivity contribution in [1.29, 1.82) is 0 Å². The molecule has 1 fully saturated rings. The van der Waals surface area contributed by atoms with Crippen LogP contribution in [-0.2, 0) is 0 Å². The van der Waals surface area contributed by atoms with E-state index >= 15 is 0 Å². The Morgan fingerprint density at radius 2 is 1.60 bits per heavy atom. The minimum Gasteiger partial charge on any atom is -0.423 e. The number of alkyl halides is 3. The lowest BCUT2D eigenvalue weighted by Gasteiger charge is -2.29. The molecule has 0 aromatic heterocycles. The van der Waals surface area contributed by atoms with Crippen LogP contribution < -0.4 is 4.74 Å². The average Bonchev–Trinajstić information content (AvgIpc) is 2.81. The van der Waals surface area contributed by atoms with Crippen molar-refractivity contribution in [2.75, 3.05) is 0 Å². The number of hydrogen-bond acceptors (Lipinski definition) is 2. The highest BCUT2D eigenvalue weighted by molar-refractivity contribution is 5.91. The van der Waals surface area contributed by atoms with Crippen molar-refractivity contribution in [2.45, 2.75) is 76.8 Å². The molecule has 1 saturated carbocycles. The molecule has 190 valence electrons. The number of allylic oxidation sites excluding steroid dienone is 1. The third-order valence-corrected chi connectivity index (χ3v) is 6.63. The first-order chi connectivity index (χ1) is 16.7. The maximum Gasteiger partial charge on any atom is 0.409 e. The average molecular weight is 495 g/mol. The van der Waals surface area contributed by atoms with Gasteiger partial charge in [-0.2, -0.15) is 13.2 Å². The van der Waals surface area contributed by atoms with Crippen molar-refractivity contribution >= 4 is 12.0 Å². The van der Waals surface area contributed by atoms with Gasteiger partial charge in [-0.1, -0.05) is 51.2 Å². The lowest BCUT2D eigenvalue weighted by atomic mass is 9.77. The zero-order chi connectivity index (χ0) is 25.4. The van der Waals surface area contributed by atoms with Crippen LogP contribution in [0.15, 0.2) is 42.5 Å². The first-order valence-electron chi connectivity index (χ1n) is 12.2. The van der Waals surface area contributed by atoms with Crippen LogP contribution in [0.5, 0.6) is 5.75 Å². The third-order valence-electron chi connectivity index (χ3n) is 6.63. The second kappa shape index (κ2) is 12.3. The number of halogens is 5. The molecule has 0 saturated heterocycles. The molecule has 0 atom stereocenters. The fourth-order valence-electron chi connectivity index (χ4n) is 4.66. The van der Waals surface area contributed by atoms with Crippen LogP contribution in [0.4, 0.5) is 22.0 Å². The quantitative estimate of drug-likeness (QED) is 0.150. The number of benzene rings is 2. The number of ether oxygens (including phenoxy) is 1. The highest BCUT2D eigenvalue weighted by atomic mass is 19.4. The molecule has 0 unspecified atom stereocenters. The van der Waals surface area contributed by atoms with Crippen LogP contribution in [-0.4, -0.2) is 12.1 Å².